The molecule has 0 amide bonds. The molecule has 0 nitrogen and oxygen atoms in total. The van der Waals surface area contributed by atoms with Crippen molar-refractivity contribution in [2.24, 2.45) is 0 Å². The molecule has 0 aromatic heterocycles. The van der Waals surface area contributed by atoms with Crippen LogP contribution in [0.3, 0.4) is 0 Å². The lowest BCUT2D eigenvalue weighted by Crippen LogP contribution is -2.14. The van der Waals surface area contributed by atoms with Gasteiger partial charge in [-0.25, -0.2) is 8.78 Å². The molecular formula is C13H18F2. The molecule has 2 heteroatoms. The fourth-order valence-corrected chi connectivity index (χ4v) is 1.48. The first-order chi connectivity index (χ1) is 6.68. The van der Waals surface area contributed by atoms with E-state index in [4.69, 9.17) is 0 Å². The minimum absolute atomic E-state index is 0.0766. The van der Waals surface area contributed by atoms with Crippen molar-refractivity contribution < 1.29 is 8.78 Å². The van der Waals surface area contributed by atoms with Crippen LogP contribution in [0.1, 0.15) is 38.8 Å². The summed E-state index contributed by atoms with van der Waals surface area (Å²) in [6.45, 7) is 7.27. The quantitative estimate of drug-likeness (QED) is 0.689. The van der Waals surface area contributed by atoms with Gasteiger partial charge in [0.1, 0.15) is 0 Å². The Kier molecular flexibility index (Phi) is 3.17. The first-order valence-electron chi connectivity index (χ1n) is 5.16. The molecular weight excluding hydrogens is 194 g/mol. The predicted octanol–water partition coefficient (Wildman–Crippen LogP) is 4.18. The third-order valence-corrected chi connectivity index (χ3v) is 2.33. The molecule has 1 aromatic carbocycles. The molecule has 0 aliphatic rings. The monoisotopic (exact) mass is 212 g/mol. The summed E-state index contributed by atoms with van der Waals surface area (Å²) < 4.78 is 25.5. The fraction of sp³-hybridized carbons (Fsp3) is 0.538. The number of alkyl halides is 2. The van der Waals surface area contributed by atoms with Crippen molar-refractivity contribution in [1.29, 1.82) is 0 Å². The lowest BCUT2D eigenvalue weighted by atomic mass is 9.86. The van der Waals surface area contributed by atoms with Gasteiger partial charge in [0.15, 0.2) is 0 Å². The topological polar surface area (TPSA) is 0 Å². The number of halogens is 2. The van der Waals surface area contributed by atoms with Crippen molar-refractivity contribution >= 4 is 0 Å². The molecule has 0 aliphatic carbocycles. The molecule has 0 aliphatic heterocycles. The Morgan fingerprint density at radius 2 is 1.40 bits per heavy atom. The minimum atomic E-state index is -2.62. The molecule has 0 fully saturated rings. The van der Waals surface area contributed by atoms with Crippen molar-refractivity contribution in [2.45, 2.75) is 45.5 Å². The van der Waals surface area contributed by atoms with Crippen LogP contribution in [0.25, 0.3) is 0 Å². The standard InChI is InChI=1S/C13H18F2/c1-12(2,3)11-7-5-10(6-8-11)9-13(4,14)15/h5-8H,9H2,1-4H3. The highest BCUT2D eigenvalue weighted by molar-refractivity contribution is 5.28. The molecule has 0 bridgehead atoms. The summed E-state index contributed by atoms with van der Waals surface area (Å²) in [7, 11) is 0. The Balaban J connectivity index is 2.82. The van der Waals surface area contributed by atoms with E-state index in [0.717, 1.165) is 6.92 Å². The Morgan fingerprint density at radius 1 is 0.933 bits per heavy atom. The van der Waals surface area contributed by atoms with Gasteiger partial charge in [-0.15, -0.1) is 0 Å². The fourth-order valence-electron chi connectivity index (χ4n) is 1.48. The second kappa shape index (κ2) is 3.92. The molecule has 0 spiro atoms. The first kappa shape index (κ1) is 12.2. The molecule has 1 aromatic rings. The van der Waals surface area contributed by atoms with Gasteiger partial charge >= 0.3 is 0 Å². The third-order valence-electron chi connectivity index (χ3n) is 2.33. The van der Waals surface area contributed by atoms with E-state index >= 15 is 0 Å². The molecule has 0 radical (unpaired) electrons. The van der Waals surface area contributed by atoms with E-state index in [1.807, 2.05) is 12.1 Å². The molecule has 0 unspecified atom stereocenters. The highest BCUT2D eigenvalue weighted by Crippen LogP contribution is 2.24. The summed E-state index contributed by atoms with van der Waals surface area (Å²) >= 11 is 0. The number of rotatable bonds is 2. The zero-order valence-corrected chi connectivity index (χ0v) is 9.77. The maximum Gasteiger partial charge on any atom is 0.249 e. The van der Waals surface area contributed by atoms with Crippen LogP contribution in [0.2, 0.25) is 0 Å². The number of benzene rings is 1. The van der Waals surface area contributed by atoms with Crippen LogP contribution in [0.15, 0.2) is 24.3 Å². The summed E-state index contributed by atoms with van der Waals surface area (Å²) in [6, 6.07) is 7.44. The van der Waals surface area contributed by atoms with E-state index in [2.05, 4.69) is 20.8 Å². The van der Waals surface area contributed by atoms with E-state index in [1.54, 1.807) is 12.1 Å². The highest BCUT2D eigenvalue weighted by atomic mass is 19.3. The maximum absolute atomic E-state index is 12.7. The van der Waals surface area contributed by atoms with Gasteiger partial charge in [0, 0.05) is 6.42 Å². The second-order valence-corrected chi connectivity index (χ2v) is 5.19. The predicted molar refractivity (Wildman–Crippen MR) is 59.5 cm³/mol. The van der Waals surface area contributed by atoms with Crippen LogP contribution in [0, 0.1) is 0 Å². The van der Waals surface area contributed by atoms with Crippen LogP contribution in [-0.2, 0) is 11.8 Å². The Hall–Kier alpha value is -0.920. The summed E-state index contributed by atoms with van der Waals surface area (Å²) in [6.07, 6.45) is -0.183. The zero-order chi connectivity index (χ0) is 11.7. The average Bonchev–Trinajstić information content (AvgIpc) is 2.00. The van der Waals surface area contributed by atoms with Crippen LogP contribution in [0.4, 0.5) is 8.78 Å². The van der Waals surface area contributed by atoms with Crippen LogP contribution < -0.4 is 0 Å². The van der Waals surface area contributed by atoms with Gasteiger partial charge in [0.2, 0.25) is 5.92 Å². The summed E-state index contributed by atoms with van der Waals surface area (Å²) in [4.78, 5) is 0. The van der Waals surface area contributed by atoms with E-state index < -0.39 is 5.92 Å². The van der Waals surface area contributed by atoms with Gasteiger partial charge in [-0.1, -0.05) is 45.0 Å². The average molecular weight is 212 g/mol. The lowest BCUT2D eigenvalue weighted by Gasteiger charge is -2.19. The van der Waals surface area contributed by atoms with E-state index in [9.17, 15) is 8.78 Å². The summed E-state index contributed by atoms with van der Waals surface area (Å²) in [5.41, 5.74) is 1.94. The Labute approximate surface area is 90.3 Å². The summed E-state index contributed by atoms with van der Waals surface area (Å²) in [5, 5.41) is 0. The Bertz CT molecular complexity index is 312. The van der Waals surface area contributed by atoms with Crippen LogP contribution >= 0.6 is 0 Å². The van der Waals surface area contributed by atoms with Gasteiger partial charge in [0.05, 0.1) is 0 Å². The third kappa shape index (κ3) is 3.98. The van der Waals surface area contributed by atoms with Crippen molar-refractivity contribution in [2.75, 3.05) is 0 Å². The van der Waals surface area contributed by atoms with Gasteiger partial charge in [-0.2, -0.15) is 0 Å². The normalized spacial score (nSPS) is 12.9. The molecule has 15 heavy (non-hydrogen) atoms. The van der Waals surface area contributed by atoms with Crippen molar-refractivity contribution in [3.63, 3.8) is 0 Å². The Morgan fingerprint density at radius 3 is 1.73 bits per heavy atom. The van der Waals surface area contributed by atoms with Gasteiger partial charge in [-0.3, -0.25) is 0 Å². The lowest BCUT2D eigenvalue weighted by molar-refractivity contribution is 0.0226. The SMILES string of the molecule is CC(F)(F)Cc1ccc(C(C)(C)C)cc1. The van der Waals surface area contributed by atoms with Crippen molar-refractivity contribution in [3.05, 3.63) is 35.4 Å². The minimum Gasteiger partial charge on any atom is -0.207 e. The van der Waals surface area contributed by atoms with Crippen molar-refractivity contribution in [1.82, 2.24) is 0 Å². The van der Waals surface area contributed by atoms with Gasteiger partial charge < -0.3 is 0 Å². The molecule has 0 N–H and O–H groups in total. The molecule has 0 heterocycles. The number of hydrogen-bond donors (Lipinski definition) is 0. The first-order valence-corrected chi connectivity index (χ1v) is 5.16. The van der Waals surface area contributed by atoms with E-state index in [0.29, 0.717) is 5.56 Å². The molecule has 1 rings (SSSR count). The van der Waals surface area contributed by atoms with Crippen molar-refractivity contribution in [3.8, 4) is 0 Å². The number of hydrogen-bond acceptors (Lipinski definition) is 0. The molecule has 0 saturated carbocycles. The highest BCUT2D eigenvalue weighted by Gasteiger charge is 2.21. The second-order valence-electron chi connectivity index (χ2n) is 5.19. The van der Waals surface area contributed by atoms with Crippen LogP contribution in [0.5, 0.6) is 0 Å². The largest absolute Gasteiger partial charge is 0.249 e. The van der Waals surface area contributed by atoms with Gasteiger partial charge in [-0.05, 0) is 23.5 Å². The smallest absolute Gasteiger partial charge is 0.207 e. The molecule has 0 atom stereocenters. The summed E-state index contributed by atoms with van der Waals surface area (Å²) in [5.74, 6) is -2.62. The zero-order valence-electron chi connectivity index (χ0n) is 9.77. The molecule has 0 saturated heterocycles. The van der Waals surface area contributed by atoms with Gasteiger partial charge in [0.25, 0.3) is 0 Å². The van der Waals surface area contributed by atoms with E-state index in [-0.39, 0.29) is 11.8 Å². The molecule has 84 valence electrons. The van der Waals surface area contributed by atoms with E-state index in [1.165, 1.54) is 5.56 Å². The van der Waals surface area contributed by atoms with Crippen LogP contribution in [-0.4, -0.2) is 5.92 Å². The maximum atomic E-state index is 12.7.